The number of nitrogen functional groups attached to an aromatic ring is 1. The van der Waals surface area contributed by atoms with E-state index in [9.17, 15) is 4.79 Å². The van der Waals surface area contributed by atoms with E-state index in [1.165, 1.54) is 18.4 Å². The Morgan fingerprint density at radius 3 is 2.83 bits per heavy atom. The van der Waals surface area contributed by atoms with E-state index in [-0.39, 0.29) is 5.91 Å². The first kappa shape index (κ1) is 12.4. The van der Waals surface area contributed by atoms with Gasteiger partial charge in [0.2, 0.25) is 0 Å². The summed E-state index contributed by atoms with van der Waals surface area (Å²) in [5, 5.41) is 3.29. The lowest BCUT2D eigenvalue weighted by atomic mass is 10.2. The van der Waals surface area contributed by atoms with Gasteiger partial charge < -0.3 is 10.5 Å². The predicted octanol–water partition coefficient (Wildman–Crippen LogP) is 2.29. The number of amides is 1. The summed E-state index contributed by atoms with van der Waals surface area (Å²) in [7, 11) is 1.53. The van der Waals surface area contributed by atoms with Crippen LogP contribution in [0.25, 0.3) is 0 Å². The van der Waals surface area contributed by atoms with Crippen LogP contribution in [0.5, 0.6) is 5.75 Å². The normalized spacial score (nSPS) is 10.1. The summed E-state index contributed by atoms with van der Waals surface area (Å²) < 4.78 is 5.03. The number of benzene rings is 1. The van der Waals surface area contributed by atoms with Crippen molar-refractivity contribution in [3.05, 3.63) is 34.8 Å². The van der Waals surface area contributed by atoms with Crippen LogP contribution in [-0.2, 0) is 0 Å². The van der Waals surface area contributed by atoms with Gasteiger partial charge in [-0.3, -0.25) is 10.1 Å². The number of hydrogen-bond acceptors (Lipinski definition) is 5. The molecule has 0 radical (unpaired) electrons. The maximum atomic E-state index is 11.9. The number of aryl methyl sites for hydroxylation is 1. The molecule has 0 aliphatic heterocycles. The largest absolute Gasteiger partial charge is 0.495 e. The van der Waals surface area contributed by atoms with E-state index >= 15 is 0 Å². The highest BCUT2D eigenvalue weighted by atomic mass is 32.1. The van der Waals surface area contributed by atoms with Gasteiger partial charge in [-0.1, -0.05) is 0 Å². The van der Waals surface area contributed by atoms with Crippen LogP contribution < -0.4 is 15.8 Å². The molecular weight excluding hydrogens is 250 g/mol. The molecule has 0 bridgehead atoms. The smallest absolute Gasteiger partial charge is 0.257 e. The third-order valence-electron chi connectivity index (χ3n) is 2.33. The monoisotopic (exact) mass is 263 g/mol. The minimum Gasteiger partial charge on any atom is -0.495 e. The number of hydrogen-bond donors (Lipinski definition) is 2. The lowest BCUT2D eigenvalue weighted by Gasteiger charge is -2.06. The number of nitrogens with zero attached hydrogens (tertiary/aromatic N) is 1. The Bertz CT molecular complexity index is 580. The van der Waals surface area contributed by atoms with Crippen LogP contribution in [0.4, 0.5) is 10.8 Å². The maximum absolute atomic E-state index is 11.9. The molecule has 1 amide bonds. The van der Waals surface area contributed by atoms with Gasteiger partial charge in [-0.25, -0.2) is 4.98 Å². The van der Waals surface area contributed by atoms with Crippen molar-refractivity contribution in [3.8, 4) is 5.75 Å². The molecule has 0 spiro atoms. The highest BCUT2D eigenvalue weighted by Crippen LogP contribution is 2.23. The fourth-order valence-electron chi connectivity index (χ4n) is 1.46. The van der Waals surface area contributed by atoms with Crippen LogP contribution in [0.15, 0.2) is 24.4 Å². The Hall–Kier alpha value is -2.08. The van der Waals surface area contributed by atoms with E-state index < -0.39 is 0 Å². The van der Waals surface area contributed by atoms with E-state index in [1.807, 2.05) is 6.92 Å². The summed E-state index contributed by atoms with van der Waals surface area (Å²) in [5.74, 6) is 0.315. The quantitative estimate of drug-likeness (QED) is 0.833. The number of rotatable bonds is 3. The summed E-state index contributed by atoms with van der Waals surface area (Å²) >= 11 is 1.42. The number of nitrogens with two attached hydrogens (primary N) is 1. The Morgan fingerprint density at radius 2 is 2.28 bits per heavy atom. The van der Waals surface area contributed by atoms with Gasteiger partial charge in [0.1, 0.15) is 5.75 Å². The van der Waals surface area contributed by atoms with Crippen molar-refractivity contribution in [1.29, 1.82) is 0 Å². The Labute approximate surface area is 109 Å². The van der Waals surface area contributed by atoms with Gasteiger partial charge in [0, 0.05) is 16.6 Å². The molecule has 6 heteroatoms. The van der Waals surface area contributed by atoms with Gasteiger partial charge in [-0.15, -0.1) is 11.3 Å². The minimum absolute atomic E-state index is 0.237. The minimum atomic E-state index is -0.237. The van der Waals surface area contributed by atoms with E-state index in [0.29, 0.717) is 22.1 Å². The van der Waals surface area contributed by atoms with E-state index in [4.69, 9.17) is 10.5 Å². The van der Waals surface area contributed by atoms with Crippen molar-refractivity contribution < 1.29 is 9.53 Å². The first-order chi connectivity index (χ1) is 8.60. The van der Waals surface area contributed by atoms with Gasteiger partial charge in [0.05, 0.1) is 12.8 Å². The van der Waals surface area contributed by atoms with Gasteiger partial charge >= 0.3 is 0 Å². The van der Waals surface area contributed by atoms with E-state index in [1.54, 1.807) is 24.4 Å². The average molecular weight is 263 g/mol. The third-order valence-corrected chi connectivity index (χ3v) is 3.16. The van der Waals surface area contributed by atoms with Crippen LogP contribution in [0.1, 0.15) is 15.2 Å². The zero-order valence-electron chi connectivity index (χ0n) is 10.1. The van der Waals surface area contributed by atoms with Crippen LogP contribution >= 0.6 is 11.3 Å². The molecule has 1 aromatic heterocycles. The Kier molecular flexibility index (Phi) is 3.47. The highest BCUT2D eigenvalue weighted by Gasteiger charge is 2.10. The molecule has 94 valence electrons. The number of anilines is 2. The number of nitrogens with one attached hydrogen (secondary N) is 1. The number of aromatic nitrogens is 1. The zero-order valence-corrected chi connectivity index (χ0v) is 10.9. The summed E-state index contributed by atoms with van der Waals surface area (Å²) in [6.07, 6.45) is 1.71. The average Bonchev–Trinajstić information content (AvgIpc) is 2.74. The van der Waals surface area contributed by atoms with Crippen molar-refractivity contribution >= 4 is 28.1 Å². The number of carbonyl (C=O) groups excluding carboxylic acids is 1. The molecule has 18 heavy (non-hydrogen) atoms. The molecule has 2 aromatic rings. The van der Waals surface area contributed by atoms with Gasteiger partial charge in [-0.05, 0) is 25.1 Å². The van der Waals surface area contributed by atoms with Crippen molar-refractivity contribution in [1.82, 2.24) is 4.98 Å². The van der Waals surface area contributed by atoms with E-state index in [2.05, 4.69) is 10.3 Å². The second-order valence-corrected chi connectivity index (χ2v) is 4.92. The van der Waals surface area contributed by atoms with Crippen LogP contribution in [-0.4, -0.2) is 18.0 Å². The second kappa shape index (κ2) is 5.05. The van der Waals surface area contributed by atoms with Crippen molar-refractivity contribution in [3.63, 3.8) is 0 Å². The topological polar surface area (TPSA) is 77.2 Å². The SMILES string of the molecule is COc1ccc(C(=O)Nc2ncc(C)s2)cc1N. The van der Waals surface area contributed by atoms with Gasteiger partial charge in [0.15, 0.2) is 5.13 Å². The molecule has 0 aliphatic rings. The van der Waals surface area contributed by atoms with Gasteiger partial charge in [-0.2, -0.15) is 0 Å². The number of ether oxygens (including phenoxy) is 1. The van der Waals surface area contributed by atoms with Crippen LogP contribution in [0.3, 0.4) is 0 Å². The molecule has 0 unspecified atom stereocenters. The number of carbonyl (C=O) groups is 1. The first-order valence-corrected chi connectivity index (χ1v) is 6.09. The van der Waals surface area contributed by atoms with E-state index in [0.717, 1.165) is 4.88 Å². The molecule has 0 aliphatic carbocycles. The van der Waals surface area contributed by atoms with Crippen LogP contribution in [0.2, 0.25) is 0 Å². The molecule has 2 rings (SSSR count). The molecule has 3 N–H and O–H groups in total. The fraction of sp³-hybridized carbons (Fsp3) is 0.167. The predicted molar refractivity (Wildman–Crippen MR) is 72.2 cm³/mol. The number of methoxy groups -OCH3 is 1. The zero-order chi connectivity index (χ0) is 13.1. The summed E-state index contributed by atoms with van der Waals surface area (Å²) in [6, 6.07) is 4.90. The van der Waals surface area contributed by atoms with Crippen molar-refractivity contribution in [2.24, 2.45) is 0 Å². The summed E-state index contributed by atoms with van der Waals surface area (Å²) in [6.45, 7) is 1.93. The Morgan fingerprint density at radius 1 is 1.50 bits per heavy atom. The molecule has 0 saturated carbocycles. The fourth-order valence-corrected chi connectivity index (χ4v) is 2.12. The first-order valence-electron chi connectivity index (χ1n) is 5.27. The van der Waals surface area contributed by atoms with Gasteiger partial charge in [0.25, 0.3) is 5.91 Å². The highest BCUT2D eigenvalue weighted by molar-refractivity contribution is 7.15. The lowest BCUT2D eigenvalue weighted by Crippen LogP contribution is -2.12. The second-order valence-electron chi connectivity index (χ2n) is 3.69. The molecular formula is C12H13N3O2S. The van der Waals surface area contributed by atoms with Crippen molar-refractivity contribution in [2.75, 3.05) is 18.2 Å². The lowest BCUT2D eigenvalue weighted by molar-refractivity contribution is 0.102. The summed E-state index contributed by atoms with van der Waals surface area (Å²) in [5.41, 5.74) is 6.65. The molecule has 0 atom stereocenters. The maximum Gasteiger partial charge on any atom is 0.257 e. The third kappa shape index (κ3) is 2.60. The molecule has 1 heterocycles. The Balaban J connectivity index is 2.16. The summed E-state index contributed by atoms with van der Waals surface area (Å²) in [4.78, 5) is 17.0. The molecule has 0 fully saturated rings. The van der Waals surface area contributed by atoms with Crippen molar-refractivity contribution in [2.45, 2.75) is 6.92 Å². The number of thiazole rings is 1. The standard InChI is InChI=1S/C12H13N3O2S/c1-7-6-14-12(18-7)15-11(16)8-3-4-10(17-2)9(13)5-8/h3-6H,13H2,1-2H3,(H,14,15,16). The molecule has 5 nitrogen and oxygen atoms in total. The molecule has 0 saturated heterocycles. The molecule has 1 aromatic carbocycles. The van der Waals surface area contributed by atoms with Crippen LogP contribution in [0, 0.1) is 6.92 Å².